The third kappa shape index (κ3) is 2.12. The molecule has 8 heteroatoms. The van der Waals surface area contributed by atoms with E-state index in [0.717, 1.165) is 11.3 Å². The molecule has 0 unspecified atom stereocenters. The lowest BCUT2D eigenvalue weighted by Crippen LogP contribution is -2.17. The standard InChI is InChI=1S/C6H6ClN4O2S/c1-13-11-3(5(8)12)2-4(7)14-6(9)10-2/h8H,1H3,(H2,9,10)/b11-3+. The highest BCUT2D eigenvalue weighted by Gasteiger charge is 2.20. The number of hydrogen-bond donors (Lipinski definition) is 1. The Hall–Kier alpha value is -1.34. The van der Waals surface area contributed by atoms with Gasteiger partial charge >= 0.3 is 0 Å². The largest absolute Gasteiger partial charge is 0.398 e. The molecule has 1 amide bonds. The predicted molar refractivity (Wildman–Crippen MR) is 53.2 cm³/mol. The van der Waals surface area contributed by atoms with Crippen LogP contribution in [0.3, 0.4) is 0 Å². The average Bonchev–Trinajstić information content (AvgIpc) is 2.40. The number of nitrogen functional groups attached to an aromatic ring is 1. The molecule has 1 rings (SSSR count). The van der Waals surface area contributed by atoms with Crippen LogP contribution in [0.5, 0.6) is 0 Å². The van der Waals surface area contributed by atoms with E-state index < -0.39 is 5.91 Å². The van der Waals surface area contributed by atoms with E-state index in [1.807, 2.05) is 0 Å². The lowest BCUT2D eigenvalue weighted by atomic mass is 10.3. The maximum Gasteiger partial charge on any atom is 0.294 e. The Kier molecular flexibility index (Phi) is 3.26. The summed E-state index contributed by atoms with van der Waals surface area (Å²) in [5.41, 5.74) is 12.1. The maximum absolute atomic E-state index is 10.8. The number of carbonyl (C=O) groups excluding carboxylic acids is 1. The molecule has 0 bridgehead atoms. The normalized spacial score (nSPS) is 11.4. The molecular formula is C6H6ClN4O2S. The van der Waals surface area contributed by atoms with Crippen LogP contribution in [0.2, 0.25) is 4.34 Å². The highest BCUT2D eigenvalue weighted by atomic mass is 35.5. The fraction of sp³-hybridized carbons (Fsp3) is 0.167. The van der Waals surface area contributed by atoms with Gasteiger partial charge < -0.3 is 10.6 Å². The molecule has 3 N–H and O–H groups in total. The van der Waals surface area contributed by atoms with Gasteiger partial charge in [0.25, 0.3) is 5.91 Å². The molecule has 1 radical (unpaired) electrons. The number of nitrogens with zero attached hydrogens (tertiary/aromatic N) is 2. The molecule has 14 heavy (non-hydrogen) atoms. The molecule has 0 aromatic carbocycles. The highest BCUT2D eigenvalue weighted by molar-refractivity contribution is 7.19. The number of anilines is 1. The fourth-order valence-electron chi connectivity index (χ4n) is 0.747. The summed E-state index contributed by atoms with van der Waals surface area (Å²) in [5.74, 6) is -1.03. The second-order valence-corrected chi connectivity index (χ2v) is 3.76. The van der Waals surface area contributed by atoms with Crippen LogP contribution in [0.1, 0.15) is 5.69 Å². The Bertz CT molecular complexity index is 389. The van der Waals surface area contributed by atoms with Crippen molar-refractivity contribution in [1.29, 1.82) is 0 Å². The van der Waals surface area contributed by atoms with E-state index in [1.165, 1.54) is 7.11 Å². The molecule has 0 fully saturated rings. The van der Waals surface area contributed by atoms with Gasteiger partial charge in [0.15, 0.2) is 10.8 Å². The summed E-state index contributed by atoms with van der Waals surface area (Å²) in [6, 6.07) is 0. The minimum atomic E-state index is -1.03. The Morgan fingerprint density at radius 2 is 2.43 bits per heavy atom. The minimum Gasteiger partial charge on any atom is -0.398 e. The number of halogens is 1. The number of carbonyl (C=O) groups is 1. The number of aromatic nitrogens is 1. The quantitative estimate of drug-likeness (QED) is 0.608. The third-order valence-corrected chi connectivity index (χ3v) is 2.31. The van der Waals surface area contributed by atoms with Gasteiger partial charge in [-0.05, 0) is 0 Å². The zero-order chi connectivity index (χ0) is 10.7. The van der Waals surface area contributed by atoms with Crippen LogP contribution in [-0.4, -0.2) is 23.7 Å². The van der Waals surface area contributed by atoms with E-state index in [4.69, 9.17) is 23.1 Å². The summed E-state index contributed by atoms with van der Waals surface area (Å²) in [6.45, 7) is 0. The van der Waals surface area contributed by atoms with Crippen molar-refractivity contribution in [3.05, 3.63) is 10.0 Å². The van der Waals surface area contributed by atoms with Gasteiger partial charge in [-0.3, -0.25) is 10.5 Å². The summed E-state index contributed by atoms with van der Waals surface area (Å²) in [5, 5.41) is 3.56. The molecular weight excluding hydrogens is 228 g/mol. The van der Waals surface area contributed by atoms with E-state index in [2.05, 4.69) is 15.0 Å². The first-order valence-corrected chi connectivity index (χ1v) is 4.55. The summed E-state index contributed by atoms with van der Waals surface area (Å²) >= 11 is 6.72. The Labute approximate surface area is 88.5 Å². The minimum absolute atomic E-state index is 0.0796. The molecule has 0 spiro atoms. The number of nitrogens with one attached hydrogen (secondary N) is 1. The summed E-state index contributed by atoms with van der Waals surface area (Å²) in [6.07, 6.45) is 0. The van der Waals surface area contributed by atoms with E-state index in [9.17, 15) is 4.79 Å². The van der Waals surface area contributed by atoms with E-state index >= 15 is 0 Å². The van der Waals surface area contributed by atoms with Gasteiger partial charge in [0.1, 0.15) is 17.1 Å². The molecule has 0 aliphatic carbocycles. The Balaban J connectivity index is 3.18. The smallest absolute Gasteiger partial charge is 0.294 e. The van der Waals surface area contributed by atoms with Crippen molar-refractivity contribution in [1.82, 2.24) is 10.7 Å². The van der Waals surface area contributed by atoms with Gasteiger partial charge in [-0.1, -0.05) is 28.1 Å². The van der Waals surface area contributed by atoms with Crippen LogP contribution in [-0.2, 0) is 9.63 Å². The average molecular weight is 234 g/mol. The number of hydrogen-bond acceptors (Lipinski definition) is 6. The second-order valence-electron chi connectivity index (χ2n) is 2.13. The topological polar surface area (TPSA) is 101 Å². The Morgan fingerprint density at radius 3 is 2.79 bits per heavy atom. The monoisotopic (exact) mass is 233 g/mol. The maximum atomic E-state index is 10.8. The Morgan fingerprint density at radius 1 is 1.79 bits per heavy atom. The number of nitrogens with two attached hydrogens (primary N) is 1. The molecule has 75 valence electrons. The predicted octanol–water partition coefficient (Wildman–Crippen LogP) is 0.539. The molecule has 0 saturated carbocycles. The van der Waals surface area contributed by atoms with Crippen molar-refractivity contribution in [2.75, 3.05) is 12.8 Å². The number of amides is 1. The zero-order valence-corrected chi connectivity index (χ0v) is 8.65. The van der Waals surface area contributed by atoms with Crippen molar-refractivity contribution < 1.29 is 9.63 Å². The summed E-state index contributed by atoms with van der Waals surface area (Å²) in [7, 11) is 1.26. The molecule has 0 aliphatic heterocycles. The summed E-state index contributed by atoms with van der Waals surface area (Å²) in [4.78, 5) is 19.0. The first-order valence-electron chi connectivity index (χ1n) is 3.35. The van der Waals surface area contributed by atoms with Crippen molar-refractivity contribution in [3.63, 3.8) is 0 Å². The van der Waals surface area contributed by atoms with Crippen LogP contribution in [0.25, 0.3) is 0 Å². The molecule has 1 heterocycles. The summed E-state index contributed by atoms with van der Waals surface area (Å²) < 4.78 is 0.207. The zero-order valence-electron chi connectivity index (χ0n) is 7.07. The van der Waals surface area contributed by atoms with Gasteiger partial charge in [0, 0.05) is 0 Å². The molecule has 0 atom stereocenters. The van der Waals surface area contributed by atoms with Gasteiger partial charge in [0.2, 0.25) is 0 Å². The fourth-order valence-corrected chi connectivity index (χ4v) is 1.68. The van der Waals surface area contributed by atoms with Crippen LogP contribution in [0, 0.1) is 0 Å². The third-order valence-electron chi connectivity index (χ3n) is 1.22. The molecule has 1 aromatic rings. The van der Waals surface area contributed by atoms with Crippen LogP contribution < -0.4 is 11.5 Å². The van der Waals surface area contributed by atoms with E-state index in [-0.39, 0.29) is 20.9 Å². The van der Waals surface area contributed by atoms with E-state index in [0.29, 0.717) is 0 Å². The van der Waals surface area contributed by atoms with Crippen molar-refractivity contribution in [2.24, 2.45) is 5.16 Å². The molecule has 6 nitrogen and oxygen atoms in total. The van der Waals surface area contributed by atoms with Crippen LogP contribution in [0.15, 0.2) is 5.16 Å². The molecule has 0 aliphatic rings. The number of thiazole rings is 1. The van der Waals surface area contributed by atoms with Gasteiger partial charge in [0.05, 0.1) is 0 Å². The van der Waals surface area contributed by atoms with Crippen molar-refractivity contribution >= 4 is 39.7 Å². The van der Waals surface area contributed by atoms with Crippen molar-refractivity contribution in [2.45, 2.75) is 0 Å². The molecule has 0 saturated heterocycles. The van der Waals surface area contributed by atoms with Crippen LogP contribution in [0.4, 0.5) is 5.13 Å². The lowest BCUT2D eigenvalue weighted by molar-refractivity contribution is -0.112. The lowest BCUT2D eigenvalue weighted by Gasteiger charge is -1.96. The van der Waals surface area contributed by atoms with Gasteiger partial charge in [-0.15, -0.1) is 0 Å². The number of rotatable bonds is 3. The first-order chi connectivity index (χ1) is 6.56. The van der Waals surface area contributed by atoms with Crippen molar-refractivity contribution in [3.8, 4) is 0 Å². The first kappa shape index (κ1) is 10.7. The number of oxime groups is 1. The van der Waals surface area contributed by atoms with Crippen LogP contribution >= 0.6 is 22.9 Å². The second kappa shape index (κ2) is 4.25. The highest BCUT2D eigenvalue weighted by Crippen LogP contribution is 2.26. The van der Waals surface area contributed by atoms with E-state index in [1.54, 1.807) is 0 Å². The SMILES string of the molecule is CO/N=C(/C([NH])=O)c1nc(N)sc1Cl. The van der Waals surface area contributed by atoms with Gasteiger partial charge in [-0.2, -0.15) is 0 Å². The van der Waals surface area contributed by atoms with Gasteiger partial charge in [-0.25, -0.2) is 4.98 Å². The molecule has 1 aromatic heterocycles.